The molecule has 7 heteroatoms. The van der Waals surface area contributed by atoms with Gasteiger partial charge < -0.3 is 4.98 Å². The van der Waals surface area contributed by atoms with Crippen molar-refractivity contribution in [2.75, 3.05) is 0 Å². The number of fused-ring (bicyclic) bond motifs is 4. The summed E-state index contributed by atoms with van der Waals surface area (Å²) < 4.78 is 13.6. The highest BCUT2D eigenvalue weighted by molar-refractivity contribution is 8.13. The second-order valence-corrected chi connectivity index (χ2v) is 8.98. The van der Waals surface area contributed by atoms with Gasteiger partial charge in [-0.05, 0) is 41.5 Å². The fourth-order valence-corrected chi connectivity index (χ4v) is 5.26. The van der Waals surface area contributed by atoms with Gasteiger partial charge in [-0.3, -0.25) is 9.79 Å². The van der Waals surface area contributed by atoms with E-state index in [0.717, 1.165) is 33.3 Å². The molecule has 0 bridgehead atoms. The van der Waals surface area contributed by atoms with E-state index in [1.165, 1.54) is 23.9 Å². The monoisotopic (exact) mass is 454 g/mol. The predicted molar refractivity (Wildman–Crippen MR) is 130 cm³/mol. The van der Waals surface area contributed by atoms with Crippen LogP contribution in [0.15, 0.2) is 89.0 Å². The van der Waals surface area contributed by atoms with Gasteiger partial charge in [0.25, 0.3) is 5.91 Å². The molecule has 0 fully saturated rings. The van der Waals surface area contributed by atoms with Gasteiger partial charge in [-0.15, -0.1) is 0 Å². The molecule has 0 unspecified atom stereocenters. The van der Waals surface area contributed by atoms with E-state index in [0.29, 0.717) is 23.2 Å². The van der Waals surface area contributed by atoms with Crippen molar-refractivity contribution in [2.24, 2.45) is 9.98 Å². The van der Waals surface area contributed by atoms with Crippen LogP contribution in [0.2, 0.25) is 0 Å². The first-order valence-corrected chi connectivity index (χ1v) is 11.7. The summed E-state index contributed by atoms with van der Waals surface area (Å²) in [5.41, 5.74) is 4.58. The summed E-state index contributed by atoms with van der Waals surface area (Å²) in [4.78, 5) is 28.1. The summed E-state index contributed by atoms with van der Waals surface area (Å²) in [6.45, 7) is 0. The highest BCUT2D eigenvalue weighted by Crippen LogP contribution is 2.35. The fourth-order valence-electron chi connectivity index (χ4n) is 4.32. The van der Waals surface area contributed by atoms with Crippen LogP contribution in [-0.2, 0) is 17.0 Å². The number of nitrogens with zero attached hydrogens (tertiary/aromatic N) is 3. The lowest BCUT2D eigenvalue weighted by Crippen LogP contribution is -2.41. The molecule has 0 saturated heterocycles. The smallest absolute Gasteiger partial charge is 0.259 e. The molecule has 1 amide bonds. The summed E-state index contributed by atoms with van der Waals surface area (Å²) in [6, 6.07) is 21.7. The molecule has 1 aromatic heterocycles. The maximum Gasteiger partial charge on any atom is 0.259 e. The molecule has 6 rings (SSSR count). The molecular weight excluding hydrogens is 435 g/mol. The number of carbonyl (C=O) groups is 1. The highest BCUT2D eigenvalue weighted by Gasteiger charge is 2.41. The number of rotatable bonds is 4. The van der Waals surface area contributed by atoms with Gasteiger partial charge in [0.15, 0.2) is 5.17 Å². The van der Waals surface area contributed by atoms with Gasteiger partial charge in [0.2, 0.25) is 0 Å². The largest absolute Gasteiger partial charge is 0.361 e. The fraction of sp³-hybridized carbons (Fsp3) is 0.115. The van der Waals surface area contributed by atoms with E-state index in [-0.39, 0.29) is 11.7 Å². The van der Waals surface area contributed by atoms with Crippen molar-refractivity contribution < 1.29 is 9.18 Å². The zero-order chi connectivity index (χ0) is 22.4. The van der Waals surface area contributed by atoms with Gasteiger partial charge >= 0.3 is 0 Å². The highest BCUT2D eigenvalue weighted by atomic mass is 32.2. The van der Waals surface area contributed by atoms with Crippen molar-refractivity contribution in [2.45, 2.75) is 18.2 Å². The van der Waals surface area contributed by atoms with Crippen molar-refractivity contribution in [3.05, 3.63) is 102 Å². The number of benzene rings is 3. The number of nitrogens with one attached hydrogen (secondary N) is 1. The Morgan fingerprint density at radius 1 is 1.03 bits per heavy atom. The number of thioether (sulfide) groups is 1. The lowest BCUT2D eigenvalue weighted by atomic mass is 10.1. The first kappa shape index (κ1) is 19.9. The van der Waals surface area contributed by atoms with Gasteiger partial charge in [-0.2, -0.15) is 0 Å². The molecule has 2 aliphatic rings. The van der Waals surface area contributed by atoms with Gasteiger partial charge in [0.05, 0.1) is 5.69 Å². The number of para-hydroxylation sites is 2. The van der Waals surface area contributed by atoms with Crippen molar-refractivity contribution >= 4 is 45.3 Å². The zero-order valence-electron chi connectivity index (χ0n) is 17.5. The Bertz CT molecular complexity index is 1460. The molecule has 0 saturated carbocycles. The second kappa shape index (κ2) is 8.01. The number of hydrogen-bond donors (Lipinski definition) is 1. The molecule has 3 aromatic carbocycles. The SMILES string of the molecule is O=C1[C@H](Cc2c[nH]c3ccccc23)N=C2c3ccccc3N=C(SCc3cccc(F)c3)N12. The standard InChI is InChI=1S/C26H19FN4OS/c27-18-7-5-6-16(12-18)15-33-26-30-22-11-4-2-9-20(22)24-29-23(25(32)31(24)26)13-17-14-28-21-10-3-1-8-19(17)21/h1-12,14,23,28H,13,15H2/t23-/m0/s1. The summed E-state index contributed by atoms with van der Waals surface area (Å²) in [5.74, 6) is 0.776. The van der Waals surface area contributed by atoms with Gasteiger partial charge in [-0.1, -0.05) is 54.2 Å². The Hall–Kier alpha value is -3.71. The third kappa shape index (κ3) is 3.54. The second-order valence-electron chi connectivity index (χ2n) is 8.04. The van der Waals surface area contributed by atoms with Crippen LogP contribution in [0, 0.1) is 5.82 Å². The van der Waals surface area contributed by atoms with Gasteiger partial charge in [0.1, 0.15) is 17.7 Å². The van der Waals surface area contributed by atoms with Crippen LogP contribution in [0.3, 0.4) is 0 Å². The van der Waals surface area contributed by atoms with E-state index in [1.54, 1.807) is 11.0 Å². The van der Waals surface area contributed by atoms with E-state index >= 15 is 0 Å². The number of amides is 1. The number of aromatic nitrogens is 1. The van der Waals surface area contributed by atoms with Gasteiger partial charge in [-0.25, -0.2) is 14.3 Å². The van der Waals surface area contributed by atoms with Crippen LogP contribution in [-0.4, -0.2) is 32.8 Å². The average Bonchev–Trinajstić information content (AvgIpc) is 3.39. The first-order valence-electron chi connectivity index (χ1n) is 10.7. The van der Waals surface area contributed by atoms with E-state index in [2.05, 4.69) is 11.1 Å². The number of H-pyrrole nitrogens is 1. The third-order valence-corrected chi connectivity index (χ3v) is 6.90. The average molecular weight is 455 g/mol. The van der Waals surface area contributed by atoms with Crippen molar-refractivity contribution in [1.82, 2.24) is 9.88 Å². The lowest BCUT2D eigenvalue weighted by molar-refractivity contribution is -0.124. The van der Waals surface area contributed by atoms with E-state index in [4.69, 9.17) is 9.98 Å². The maximum absolute atomic E-state index is 13.6. The molecule has 5 nitrogen and oxygen atoms in total. The Morgan fingerprint density at radius 2 is 1.88 bits per heavy atom. The van der Waals surface area contributed by atoms with Crippen molar-refractivity contribution in [3.8, 4) is 0 Å². The minimum atomic E-state index is -0.523. The van der Waals surface area contributed by atoms with E-state index in [1.807, 2.05) is 54.7 Å². The molecule has 2 aliphatic heterocycles. The molecule has 1 atom stereocenters. The molecule has 0 aliphatic carbocycles. The molecule has 0 radical (unpaired) electrons. The van der Waals surface area contributed by atoms with E-state index < -0.39 is 6.04 Å². The van der Waals surface area contributed by atoms with Crippen molar-refractivity contribution in [1.29, 1.82) is 0 Å². The molecular formula is C26H19FN4OS. The van der Waals surface area contributed by atoms with Crippen LogP contribution in [0.25, 0.3) is 10.9 Å². The molecule has 3 heterocycles. The van der Waals surface area contributed by atoms with Crippen LogP contribution in [0.1, 0.15) is 16.7 Å². The van der Waals surface area contributed by atoms with Crippen molar-refractivity contribution in [3.63, 3.8) is 0 Å². The quantitative estimate of drug-likeness (QED) is 0.446. The Labute approximate surface area is 194 Å². The number of aromatic amines is 1. The molecule has 162 valence electrons. The van der Waals surface area contributed by atoms with Gasteiger partial charge in [0, 0.05) is 34.8 Å². The first-order chi connectivity index (χ1) is 16.2. The Morgan fingerprint density at radius 3 is 2.79 bits per heavy atom. The Balaban J connectivity index is 1.33. The number of aliphatic imine (C=N–C) groups is 2. The normalized spacial score (nSPS) is 17.1. The molecule has 4 aromatic rings. The number of amidine groups is 2. The topological polar surface area (TPSA) is 60.8 Å². The van der Waals surface area contributed by atoms with Crippen LogP contribution < -0.4 is 0 Å². The summed E-state index contributed by atoms with van der Waals surface area (Å²) >= 11 is 1.42. The molecule has 33 heavy (non-hydrogen) atoms. The summed E-state index contributed by atoms with van der Waals surface area (Å²) in [6.07, 6.45) is 2.46. The summed E-state index contributed by atoms with van der Waals surface area (Å²) in [5, 5.41) is 1.67. The maximum atomic E-state index is 13.6. The zero-order valence-corrected chi connectivity index (χ0v) is 18.3. The third-order valence-electron chi connectivity index (χ3n) is 5.89. The minimum absolute atomic E-state index is 0.0877. The predicted octanol–water partition coefficient (Wildman–Crippen LogP) is 5.44. The number of carbonyl (C=O) groups excluding carboxylic acids is 1. The Kier molecular flexibility index (Phi) is 4.84. The van der Waals surface area contributed by atoms with Crippen LogP contribution in [0.4, 0.5) is 10.1 Å². The number of halogens is 1. The number of hydrogen-bond acceptors (Lipinski definition) is 4. The molecule has 1 N–H and O–H groups in total. The minimum Gasteiger partial charge on any atom is -0.361 e. The van der Waals surface area contributed by atoms with E-state index in [9.17, 15) is 9.18 Å². The lowest BCUT2D eigenvalue weighted by Gasteiger charge is -2.25. The molecule has 0 spiro atoms. The van der Waals surface area contributed by atoms with Crippen LogP contribution >= 0.6 is 11.8 Å². The van der Waals surface area contributed by atoms with Crippen LogP contribution in [0.5, 0.6) is 0 Å². The summed E-state index contributed by atoms with van der Waals surface area (Å²) in [7, 11) is 0.